The molecular formula is C24H17ClFN11O. The van der Waals surface area contributed by atoms with Crippen LogP contribution in [-0.4, -0.2) is 49.7 Å². The van der Waals surface area contributed by atoms with Crippen LogP contribution in [-0.2, 0) is 6.54 Å². The minimum atomic E-state index is -0.693. The van der Waals surface area contributed by atoms with Crippen molar-refractivity contribution in [1.82, 2.24) is 49.7 Å². The van der Waals surface area contributed by atoms with E-state index in [-0.39, 0.29) is 10.6 Å². The zero-order valence-electron chi connectivity index (χ0n) is 19.5. The van der Waals surface area contributed by atoms with E-state index in [0.29, 0.717) is 33.9 Å². The highest BCUT2D eigenvalue weighted by molar-refractivity contribution is 6.31. The molecule has 6 aromatic rings. The Balaban J connectivity index is 1.43. The molecule has 0 radical (unpaired) electrons. The molecular weight excluding hydrogens is 513 g/mol. The van der Waals surface area contributed by atoms with Crippen LogP contribution in [0.2, 0.25) is 5.02 Å². The van der Waals surface area contributed by atoms with Crippen LogP contribution in [0.1, 0.15) is 11.7 Å². The Bertz CT molecular complexity index is 1690. The van der Waals surface area contributed by atoms with Gasteiger partial charge in [0.05, 0.1) is 40.3 Å². The van der Waals surface area contributed by atoms with Crippen molar-refractivity contribution in [2.45, 2.75) is 12.6 Å². The first-order valence-corrected chi connectivity index (χ1v) is 11.7. The van der Waals surface area contributed by atoms with Gasteiger partial charge in [-0.25, -0.2) is 14.4 Å². The third kappa shape index (κ3) is 4.35. The van der Waals surface area contributed by atoms with Crippen molar-refractivity contribution in [3.63, 3.8) is 0 Å². The molecule has 0 saturated heterocycles. The van der Waals surface area contributed by atoms with E-state index in [0.717, 1.165) is 5.56 Å². The third-order valence-corrected chi connectivity index (χ3v) is 6.25. The van der Waals surface area contributed by atoms with E-state index in [2.05, 4.69) is 35.7 Å². The molecule has 0 saturated carbocycles. The number of nitrogens with zero attached hydrogens (tertiary/aromatic N) is 11. The quantitative estimate of drug-likeness (QED) is 0.228. The number of rotatable bonds is 7. The Morgan fingerprint density at radius 1 is 1.08 bits per heavy atom. The molecule has 38 heavy (non-hydrogen) atoms. The van der Waals surface area contributed by atoms with Gasteiger partial charge in [0.15, 0.2) is 18.1 Å². The van der Waals surface area contributed by atoms with Gasteiger partial charge in [-0.15, -0.1) is 5.10 Å². The lowest BCUT2D eigenvalue weighted by atomic mass is 10.0. The van der Waals surface area contributed by atoms with E-state index in [1.807, 2.05) is 0 Å². The predicted octanol–water partition coefficient (Wildman–Crippen LogP) is 2.89. The van der Waals surface area contributed by atoms with Crippen molar-refractivity contribution in [1.29, 1.82) is 0 Å². The van der Waals surface area contributed by atoms with Gasteiger partial charge in [-0.05, 0) is 40.8 Å². The number of benzene rings is 1. The van der Waals surface area contributed by atoms with Gasteiger partial charge in [-0.3, -0.25) is 9.36 Å². The highest BCUT2D eigenvalue weighted by atomic mass is 35.5. The summed E-state index contributed by atoms with van der Waals surface area (Å²) in [5.41, 5.74) is 2.55. The first kappa shape index (κ1) is 23.4. The molecule has 5 heterocycles. The maximum atomic E-state index is 15.3. The van der Waals surface area contributed by atoms with E-state index in [1.54, 1.807) is 70.7 Å². The van der Waals surface area contributed by atoms with Gasteiger partial charge in [-0.2, -0.15) is 19.6 Å². The summed E-state index contributed by atoms with van der Waals surface area (Å²) in [5.74, 6) is -0.693. The Kier molecular flexibility index (Phi) is 6.01. The van der Waals surface area contributed by atoms with E-state index < -0.39 is 11.9 Å². The van der Waals surface area contributed by atoms with Crippen LogP contribution in [0.15, 0.2) is 86.2 Å². The van der Waals surface area contributed by atoms with Gasteiger partial charge in [0.2, 0.25) is 5.69 Å². The van der Waals surface area contributed by atoms with Gasteiger partial charge in [0, 0.05) is 36.4 Å². The van der Waals surface area contributed by atoms with Gasteiger partial charge in [0.1, 0.15) is 12.7 Å². The highest BCUT2D eigenvalue weighted by Crippen LogP contribution is 2.33. The largest absolute Gasteiger partial charge is 0.618 e. The van der Waals surface area contributed by atoms with Crippen molar-refractivity contribution in [2.75, 3.05) is 0 Å². The Morgan fingerprint density at radius 2 is 2.00 bits per heavy atom. The van der Waals surface area contributed by atoms with Gasteiger partial charge in [0.25, 0.3) is 0 Å². The normalized spacial score (nSPS) is 12.1. The van der Waals surface area contributed by atoms with Crippen molar-refractivity contribution in [3.8, 4) is 28.1 Å². The molecule has 0 bridgehead atoms. The van der Waals surface area contributed by atoms with Crippen molar-refractivity contribution >= 4 is 11.6 Å². The van der Waals surface area contributed by atoms with E-state index in [4.69, 9.17) is 11.6 Å². The zero-order valence-corrected chi connectivity index (χ0v) is 20.2. The fourth-order valence-corrected chi connectivity index (χ4v) is 4.33. The number of hydrogen-bond donors (Lipinski definition) is 0. The van der Waals surface area contributed by atoms with Crippen LogP contribution in [0.5, 0.6) is 0 Å². The number of tetrazole rings is 1. The van der Waals surface area contributed by atoms with Crippen LogP contribution < -0.4 is 4.73 Å². The predicted molar refractivity (Wildman–Crippen MR) is 132 cm³/mol. The van der Waals surface area contributed by atoms with Crippen molar-refractivity contribution < 1.29 is 9.12 Å². The van der Waals surface area contributed by atoms with E-state index >= 15 is 4.39 Å². The average Bonchev–Trinajstić information content (AvgIpc) is 3.73. The van der Waals surface area contributed by atoms with Gasteiger partial charge < -0.3 is 5.21 Å². The first-order valence-electron chi connectivity index (χ1n) is 11.3. The lowest BCUT2D eigenvalue weighted by molar-refractivity contribution is -0.615. The second-order valence-electron chi connectivity index (χ2n) is 8.23. The summed E-state index contributed by atoms with van der Waals surface area (Å²) in [6.07, 6.45) is 12.6. The molecule has 0 aliphatic carbocycles. The third-order valence-electron chi connectivity index (χ3n) is 5.96. The molecule has 0 aliphatic heterocycles. The van der Waals surface area contributed by atoms with E-state index in [1.165, 1.54) is 29.6 Å². The second-order valence-corrected chi connectivity index (χ2v) is 8.63. The smallest absolute Gasteiger partial charge is 0.219 e. The Morgan fingerprint density at radius 3 is 2.74 bits per heavy atom. The fraction of sp³-hybridized carbons (Fsp3) is 0.0833. The molecule has 0 spiro atoms. The molecule has 1 atom stereocenters. The molecule has 5 aromatic heterocycles. The molecule has 12 nitrogen and oxygen atoms in total. The van der Waals surface area contributed by atoms with Crippen LogP contribution in [0.25, 0.3) is 28.1 Å². The second kappa shape index (κ2) is 9.78. The summed E-state index contributed by atoms with van der Waals surface area (Å²) in [4.78, 5) is 8.21. The summed E-state index contributed by atoms with van der Waals surface area (Å²) in [6, 6.07) is 9.30. The van der Waals surface area contributed by atoms with Crippen LogP contribution in [0, 0.1) is 11.0 Å². The lowest BCUT2D eigenvalue weighted by Gasteiger charge is -2.18. The van der Waals surface area contributed by atoms with Crippen LogP contribution in [0.3, 0.4) is 0 Å². The number of pyridine rings is 1. The summed E-state index contributed by atoms with van der Waals surface area (Å²) < 4.78 is 20.6. The molecule has 1 unspecified atom stereocenters. The maximum Gasteiger partial charge on any atom is 0.219 e. The summed E-state index contributed by atoms with van der Waals surface area (Å²) in [6.45, 7) is 0.320. The minimum absolute atomic E-state index is 0.0923. The Labute approximate surface area is 219 Å². The lowest BCUT2D eigenvalue weighted by Crippen LogP contribution is -2.37. The van der Waals surface area contributed by atoms with Crippen molar-refractivity contribution in [3.05, 3.63) is 108 Å². The SMILES string of the molecule is [O-][n+]1cc(-c2c(-n3cnnn3)ccc(Cl)c2F)ccc1C(Cn1cccn1)n1cc(-c2ccncn2)cn1. The first-order chi connectivity index (χ1) is 18.6. The standard InChI is InChI=1S/C24H17ClFN11O/c25-18-3-5-21(36-15-29-32-33-36)23(24(18)26)16-2-4-20(37(38)12-16)22(13-34-9-1-7-30-34)35-11-17(10-31-35)19-6-8-27-14-28-19/h1-12,14-15,22H,13H2. The number of hydrogen-bond acceptors (Lipinski definition) is 8. The molecule has 1 aromatic carbocycles. The summed E-state index contributed by atoms with van der Waals surface area (Å²) >= 11 is 6.08. The average molecular weight is 530 g/mol. The fourth-order valence-electron chi connectivity index (χ4n) is 4.18. The Hall–Kier alpha value is -5.04. The number of halogens is 2. The van der Waals surface area contributed by atoms with Crippen molar-refractivity contribution in [2.24, 2.45) is 0 Å². The summed E-state index contributed by atoms with van der Waals surface area (Å²) in [5, 5.41) is 33.2. The maximum absolute atomic E-state index is 15.3. The molecule has 0 fully saturated rings. The molecule has 0 N–H and O–H groups in total. The zero-order chi connectivity index (χ0) is 26.1. The topological polar surface area (TPSA) is 132 Å². The van der Waals surface area contributed by atoms with Gasteiger partial charge in [-0.1, -0.05) is 11.6 Å². The van der Waals surface area contributed by atoms with Crippen LogP contribution >= 0.6 is 11.6 Å². The number of aromatic nitrogens is 11. The summed E-state index contributed by atoms with van der Waals surface area (Å²) in [7, 11) is 0. The minimum Gasteiger partial charge on any atom is -0.618 e. The monoisotopic (exact) mass is 529 g/mol. The molecule has 188 valence electrons. The van der Waals surface area contributed by atoms with Gasteiger partial charge >= 0.3 is 0 Å². The molecule has 6 rings (SSSR count). The molecule has 0 aliphatic rings. The van der Waals surface area contributed by atoms with E-state index in [9.17, 15) is 5.21 Å². The molecule has 0 amide bonds. The highest BCUT2D eigenvalue weighted by Gasteiger charge is 2.26. The van der Waals surface area contributed by atoms with Crippen LogP contribution in [0.4, 0.5) is 4.39 Å². The molecule has 14 heteroatoms.